The van der Waals surface area contributed by atoms with Crippen LogP contribution in [-0.2, 0) is 9.47 Å². The number of anilines is 3. The third-order valence-corrected chi connectivity index (χ3v) is 4.77. The van der Waals surface area contributed by atoms with Crippen molar-refractivity contribution >= 4 is 40.4 Å². The van der Waals surface area contributed by atoms with Crippen LogP contribution < -0.4 is 15.5 Å². The fourth-order valence-corrected chi connectivity index (χ4v) is 3.30. The summed E-state index contributed by atoms with van der Waals surface area (Å²) in [5.41, 5.74) is 1.69. The van der Waals surface area contributed by atoms with Crippen LogP contribution in [0.25, 0.3) is 10.9 Å². The largest absolute Gasteiger partial charge is 0.462 e. The highest BCUT2D eigenvalue weighted by Gasteiger charge is 2.18. The van der Waals surface area contributed by atoms with Gasteiger partial charge in [-0.25, -0.2) is 14.6 Å². The molecule has 1 fully saturated rings. The number of ether oxygens (including phenoxy) is 2. The van der Waals surface area contributed by atoms with E-state index in [-0.39, 0.29) is 5.95 Å². The Balaban J connectivity index is 1.50. The van der Waals surface area contributed by atoms with E-state index in [0.717, 1.165) is 29.8 Å². The summed E-state index contributed by atoms with van der Waals surface area (Å²) in [6, 6.07) is 13.7. The van der Waals surface area contributed by atoms with Crippen molar-refractivity contribution in [2.45, 2.75) is 6.92 Å². The van der Waals surface area contributed by atoms with Gasteiger partial charge in [0.15, 0.2) is 0 Å². The molecule has 2 amide bonds. The van der Waals surface area contributed by atoms with Crippen LogP contribution in [0, 0.1) is 0 Å². The zero-order chi connectivity index (χ0) is 21.6. The molecule has 4 rings (SSSR count). The zero-order valence-electron chi connectivity index (χ0n) is 17.1. The molecule has 31 heavy (non-hydrogen) atoms. The quantitative estimate of drug-likeness (QED) is 0.609. The predicted octanol–water partition coefficient (Wildman–Crippen LogP) is 3.29. The summed E-state index contributed by atoms with van der Waals surface area (Å²) in [5.74, 6) is 0.572. The summed E-state index contributed by atoms with van der Waals surface area (Å²) >= 11 is 0. The minimum Gasteiger partial charge on any atom is -0.462 e. The van der Waals surface area contributed by atoms with Gasteiger partial charge in [-0.1, -0.05) is 12.1 Å². The smallest absolute Gasteiger partial charge is 0.338 e. The molecule has 0 unspecified atom stereocenters. The summed E-state index contributed by atoms with van der Waals surface area (Å²) in [5, 5.41) is 6.34. The number of esters is 1. The van der Waals surface area contributed by atoms with Crippen molar-refractivity contribution in [3.8, 4) is 0 Å². The molecule has 0 saturated carbocycles. The Hall–Kier alpha value is -3.72. The van der Waals surface area contributed by atoms with Gasteiger partial charge in [0.1, 0.15) is 5.82 Å². The molecule has 0 spiro atoms. The van der Waals surface area contributed by atoms with Gasteiger partial charge in [-0.15, -0.1) is 0 Å². The van der Waals surface area contributed by atoms with Crippen molar-refractivity contribution in [1.29, 1.82) is 0 Å². The van der Waals surface area contributed by atoms with Crippen molar-refractivity contribution in [1.82, 2.24) is 9.97 Å². The van der Waals surface area contributed by atoms with Gasteiger partial charge in [-0.3, -0.25) is 5.32 Å². The lowest BCUT2D eigenvalue weighted by atomic mass is 10.2. The van der Waals surface area contributed by atoms with Gasteiger partial charge >= 0.3 is 12.0 Å². The number of nitrogens with zero attached hydrogens (tertiary/aromatic N) is 3. The van der Waals surface area contributed by atoms with Crippen LogP contribution >= 0.6 is 0 Å². The number of para-hydroxylation sites is 1. The van der Waals surface area contributed by atoms with E-state index < -0.39 is 12.0 Å². The molecule has 2 aromatic carbocycles. The maximum absolute atomic E-state index is 12.5. The first kappa shape index (κ1) is 20.5. The van der Waals surface area contributed by atoms with Crippen LogP contribution in [0.5, 0.6) is 0 Å². The number of carbonyl (C=O) groups is 2. The Morgan fingerprint density at radius 2 is 1.77 bits per heavy atom. The third kappa shape index (κ3) is 4.89. The molecule has 3 aromatic rings. The highest BCUT2D eigenvalue weighted by molar-refractivity contribution is 6.00. The van der Waals surface area contributed by atoms with Gasteiger partial charge in [0.05, 0.1) is 30.9 Å². The van der Waals surface area contributed by atoms with Crippen molar-refractivity contribution in [3.63, 3.8) is 0 Å². The molecule has 0 aliphatic carbocycles. The number of urea groups is 1. The number of aromatic nitrogens is 2. The van der Waals surface area contributed by atoms with E-state index in [2.05, 4.69) is 25.5 Å². The second kappa shape index (κ2) is 9.40. The minimum absolute atomic E-state index is 0.209. The fourth-order valence-electron chi connectivity index (χ4n) is 3.30. The average Bonchev–Trinajstić information content (AvgIpc) is 2.79. The summed E-state index contributed by atoms with van der Waals surface area (Å²) in [6.45, 7) is 4.75. The molecule has 0 radical (unpaired) electrons. The van der Waals surface area contributed by atoms with Crippen LogP contribution in [0.1, 0.15) is 17.3 Å². The highest BCUT2D eigenvalue weighted by Crippen LogP contribution is 2.26. The van der Waals surface area contributed by atoms with Gasteiger partial charge in [0.2, 0.25) is 5.95 Å². The second-order valence-electron chi connectivity index (χ2n) is 6.86. The number of fused-ring (bicyclic) bond motifs is 1. The summed E-state index contributed by atoms with van der Waals surface area (Å²) < 4.78 is 10.4. The van der Waals surface area contributed by atoms with Crippen LogP contribution in [0.2, 0.25) is 0 Å². The van der Waals surface area contributed by atoms with E-state index in [9.17, 15) is 9.59 Å². The molecule has 160 valence electrons. The molecule has 2 heterocycles. The number of morpholine rings is 1. The molecule has 9 nitrogen and oxygen atoms in total. The lowest BCUT2D eigenvalue weighted by Gasteiger charge is -2.28. The summed E-state index contributed by atoms with van der Waals surface area (Å²) in [6.07, 6.45) is 0. The second-order valence-corrected chi connectivity index (χ2v) is 6.86. The Labute approximate surface area is 179 Å². The Morgan fingerprint density at radius 3 is 2.52 bits per heavy atom. The van der Waals surface area contributed by atoms with E-state index >= 15 is 0 Å². The van der Waals surface area contributed by atoms with Crippen molar-refractivity contribution < 1.29 is 19.1 Å². The monoisotopic (exact) mass is 421 g/mol. The van der Waals surface area contributed by atoms with E-state index in [1.807, 2.05) is 24.3 Å². The Morgan fingerprint density at radius 1 is 1.03 bits per heavy atom. The molecular weight excluding hydrogens is 398 g/mol. The molecule has 1 aromatic heterocycles. The summed E-state index contributed by atoms with van der Waals surface area (Å²) in [4.78, 5) is 35.4. The average molecular weight is 421 g/mol. The Bertz CT molecular complexity index is 1080. The van der Waals surface area contributed by atoms with Gasteiger partial charge in [0.25, 0.3) is 0 Å². The first-order valence-corrected chi connectivity index (χ1v) is 10.1. The van der Waals surface area contributed by atoms with Gasteiger partial charge in [-0.2, -0.15) is 4.98 Å². The van der Waals surface area contributed by atoms with E-state index in [4.69, 9.17) is 9.47 Å². The number of nitrogens with one attached hydrogen (secondary N) is 2. The van der Waals surface area contributed by atoms with Gasteiger partial charge in [-0.05, 0) is 43.3 Å². The molecule has 0 bridgehead atoms. The van der Waals surface area contributed by atoms with Crippen LogP contribution in [0.3, 0.4) is 0 Å². The van der Waals surface area contributed by atoms with E-state index in [1.165, 1.54) is 0 Å². The normalized spacial score (nSPS) is 13.6. The van der Waals surface area contributed by atoms with Crippen LogP contribution in [0.15, 0.2) is 48.5 Å². The molecule has 1 aliphatic heterocycles. The number of rotatable bonds is 5. The van der Waals surface area contributed by atoms with Gasteiger partial charge < -0.3 is 19.7 Å². The van der Waals surface area contributed by atoms with Crippen LogP contribution in [-0.4, -0.2) is 54.9 Å². The molecular formula is C22H23N5O4. The zero-order valence-corrected chi connectivity index (χ0v) is 17.1. The first-order chi connectivity index (χ1) is 15.1. The third-order valence-electron chi connectivity index (χ3n) is 4.77. The van der Waals surface area contributed by atoms with E-state index in [0.29, 0.717) is 31.1 Å². The van der Waals surface area contributed by atoms with Crippen molar-refractivity contribution in [2.24, 2.45) is 0 Å². The maximum Gasteiger partial charge on any atom is 0.338 e. The lowest BCUT2D eigenvalue weighted by molar-refractivity contribution is 0.0526. The van der Waals surface area contributed by atoms with Crippen molar-refractivity contribution in [2.75, 3.05) is 48.4 Å². The number of benzene rings is 2. The molecule has 0 atom stereocenters. The first-order valence-electron chi connectivity index (χ1n) is 10.1. The molecule has 2 N–H and O–H groups in total. The lowest BCUT2D eigenvalue weighted by Crippen LogP contribution is -2.37. The molecule has 9 heteroatoms. The standard InChI is InChI=1S/C22H23N5O4/c1-2-31-20(28)15-7-9-16(10-8-15)23-22(29)26-21-24-18-6-4-3-5-17(18)19(25-21)27-11-13-30-14-12-27/h3-10H,2,11-14H2,1H3,(H2,23,24,25,26,29). The minimum atomic E-state index is -0.480. The number of hydrogen-bond acceptors (Lipinski definition) is 7. The highest BCUT2D eigenvalue weighted by atomic mass is 16.5. The summed E-state index contributed by atoms with van der Waals surface area (Å²) in [7, 11) is 0. The van der Waals surface area contributed by atoms with Crippen molar-refractivity contribution in [3.05, 3.63) is 54.1 Å². The van der Waals surface area contributed by atoms with Gasteiger partial charge in [0, 0.05) is 24.2 Å². The number of amides is 2. The number of carbonyl (C=O) groups excluding carboxylic acids is 2. The number of hydrogen-bond donors (Lipinski definition) is 2. The topological polar surface area (TPSA) is 106 Å². The Kier molecular flexibility index (Phi) is 6.23. The maximum atomic E-state index is 12.5. The molecule has 1 saturated heterocycles. The van der Waals surface area contributed by atoms with E-state index in [1.54, 1.807) is 31.2 Å². The van der Waals surface area contributed by atoms with Crippen LogP contribution in [0.4, 0.5) is 22.2 Å². The predicted molar refractivity (Wildman–Crippen MR) is 118 cm³/mol. The fraction of sp³-hybridized carbons (Fsp3) is 0.273. The SMILES string of the molecule is CCOC(=O)c1ccc(NC(=O)Nc2nc(N3CCOCC3)c3ccccc3n2)cc1. The molecule has 1 aliphatic rings.